The molecule has 0 radical (unpaired) electrons. The van der Waals surface area contributed by atoms with Crippen LogP contribution in [0.15, 0.2) is 0 Å². The third-order valence-electron chi connectivity index (χ3n) is 5.36. The number of carbonyl (C=O) groups is 1. The summed E-state index contributed by atoms with van der Waals surface area (Å²) in [5.41, 5.74) is -0.135. The minimum absolute atomic E-state index is 0.0390. The van der Waals surface area contributed by atoms with Crippen molar-refractivity contribution in [2.75, 3.05) is 26.5 Å². The van der Waals surface area contributed by atoms with Crippen LogP contribution in [-0.4, -0.2) is 43.0 Å². The predicted molar refractivity (Wildman–Crippen MR) is 118 cm³/mol. The smallest absolute Gasteiger partial charge is 0.307 e. The normalized spacial score (nSPS) is 14.1. The van der Waals surface area contributed by atoms with E-state index < -0.39 is 0 Å². The van der Waals surface area contributed by atoms with Gasteiger partial charge in [-0.2, -0.15) is 0 Å². The van der Waals surface area contributed by atoms with E-state index in [1.807, 2.05) is 11.8 Å². The lowest BCUT2D eigenvalue weighted by molar-refractivity contribution is -0.142. The van der Waals surface area contributed by atoms with Gasteiger partial charge >= 0.3 is 5.97 Å². The fourth-order valence-corrected chi connectivity index (χ4v) is 3.89. The first-order valence-electron chi connectivity index (χ1n) is 10.8. The van der Waals surface area contributed by atoms with Crippen LogP contribution in [0.1, 0.15) is 98.3 Å². The van der Waals surface area contributed by atoms with E-state index in [-0.39, 0.29) is 16.4 Å². The molecule has 0 aliphatic carbocycles. The maximum absolute atomic E-state index is 11.5. The average Bonchev–Trinajstić information content (AvgIpc) is 2.65. The highest BCUT2D eigenvalue weighted by atomic mass is 32.2. The van der Waals surface area contributed by atoms with Crippen molar-refractivity contribution in [2.45, 2.75) is 109 Å². The van der Waals surface area contributed by atoms with E-state index in [9.17, 15) is 4.79 Å². The first-order chi connectivity index (χ1) is 12.8. The summed E-state index contributed by atoms with van der Waals surface area (Å²) in [7, 11) is 3.24. The number of thioether (sulfide) groups is 1. The van der Waals surface area contributed by atoms with E-state index in [1.165, 1.54) is 70.7 Å². The van der Waals surface area contributed by atoms with Crippen LogP contribution in [0.4, 0.5) is 0 Å². The van der Waals surface area contributed by atoms with Crippen LogP contribution in [0, 0.1) is 0 Å². The van der Waals surface area contributed by atoms with Gasteiger partial charge in [0.05, 0.1) is 13.5 Å². The number of ether oxygens (including phenoxy) is 2. The van der Waals surface area contributed by atoms with E-state index in [4.69, 9.17) is 9.47 Å². The van der Waals surface area contributed by atoms with Crippen LogP contribution in [-0.2, 0) is 14.3 Å². The molecular weight excluding hydrogens is 358 g/mol. The van der Waals surface area contributed by atoms with Crippen LogP contribution < -0.4 is 5.32 Å². The van der Waals surface area contributed by atoms with Gasteiger partial charge in [0.25, 0.3) is 0 Å². The standard InChI is InChI=1S/C22H45NO3S/c1-7-22(4,19-20(24)25-5)23-17-15-13-11-9-8-10-12-14-16-18-27-21(2,3)26-6/h23H,7-19H2,1-6H3. The minimum atomic E-state index is -0.135. The molecule has 0 rings (SSSR count). The van der Waals surface area contributed by atoms with Crippen LogP contribution in [0.25, 0.3) is 0 Å². The Hall–Kier alpha value is -0.260. The van der Waals surface area contributed by atoms with E-state index in [2.05, 4.69) is 33.0 Å². The molecule has 0 saturated heterocycles. The Balaban J connectivity index is 3.46. The second-order valence-corrected chi connectivity index (χ2v) is 9.91. The van der Waals surface area contributed by atoms with Crippen molar-refractivity contribution in [1.82, 2.24) is 5.32 Å². The SMILES string of the molecule is CCC(C)(CC(=O)OC)NCCCCCCCCCCCSC(C)(C)OC. The zero-order valence-electron chi connectivity index (χ0n) is 18.8. The first kappa shape index (κ1) is 26.7. The van der Waals surface area contributed by atoms with Gasteiger partial charge < -0.3 is 14.8 Å². The number of esters is 1. The molecule has 1 N–H and O–H groups in total. The highest BCUT2D eigenvalue weighted by Gasteiger charge is 2.25. The molecule has 162 valence electrons. The fraction of sp³-hybridized carbons (Fsp3) is 0.955. The van der Waals surface area contributed by atoms with Gasteiger partial charge in [0.15, 0.2) is 0 Å². The van der Waals surface area contributed by atoms with Crippen LogP contribution in [0.2, 0.25) is 0 Å². The van der Waals surface area contributed by atoms with Crippen molar-refractivity contribution in [3.63, 3.8) is 0 Å². The predicted octanol–water partition coefficient (Wildman–Crippen LogP) is 5.93. The number of hydrogen-bond acceptors (Lipinski definition) is 5. The van der Waals surface area contributed by atoms with Gasteiger partial charge in [0, 0.05) is 12.6 Å². The van der Waals surface area contributed by atoms with Crippen molar-refractivity contribution < 1.29 is 14.3 Å². The summed E-state index contributed by atoms with van der Waals surface area (Å²) in [6.45, 7) is 9.48. The molecule has 0 fully saturated rings. The molecule has 0 aromatic rings. The molecular formula is C22H45NO3S. The highest BCUT2D eigenvalue weighted by molar-refractivity contribution is 8.00. The molecule has 4 nitrogen and oxygen atoms in total. The zero-order chi connectivity index (χ0) is 20.6. The molecule has 0 aromatic carbocycles. The molecule has 27 heavy (non-hydrogen) atoms. The van der Waals surface area contributed by atoms with Crippen molar-refractivity contribution >= 4 is 17.7 Å². The number of rotatable bonds is 18. The van der Waals surface area contributed by atoms with Crippen LogP contribution >= 0.6 is 11.8 Å². The molecule has 0 spiro atoms. The van der Waals surface area contributed by atoms with Crippen molar-refractivity contribution in [3.8, 4) is 0 Å². The summed E-state index contributed by atoms with van der Waals surface area (Å²) in [5, 5.41) is 3.54. The molecule has 0 heterocycles. The Morgan fingerprint density at radius 3 is 1.89 bits per heavy atom. The van der Waals surface area contributed by atoms with Gasteiger partial charge in [0.1, 0.15) is 4.93 Å². The fourth-order valence-electron chi connectivity index (χ4n) is 2.93. The van der Waals surface area contributed by atoms with Gasteiger partial charge in [-0.05, 0) is 52.3 Å². The number of hydrogen-bond donors (Lipinski definition) is 1. The molecule has 0 aliphatic rings. The molecule has 0 aliphatic heterocycles. The average molecular weight is 404 g/mol. The van der Waals surface area contributed by atoms with Gasteiger partial charge in [-0.3, -0.25) is 4.79 Å². The Morgan fingerprint density at radius 1 is 0.889 bits per heavy atom. The summed E-state index contributed by atoms with van der Waals surface area (Å²) >= 11 is 1.91. The second-order valence-electron chi connectivity index (χ2n) is 8.23. The number of methoxy groups -OCH3 is 2. The topological polar surface area (TPSA) is 47.6 Å². The lowest BCUT2D eigenvalue weighted by atomic mass is 9.94. The molecule has 0 aromatic heterocycles. The van der Waals surface area contributed by atoms with Crippen molar-refractivity contribution in [3.05, 3.63) is 0 Å². The van der Waals surface area contributed by atoms with Gasteiger partial charge in [-0.15, -0.1) is 11.8 Å². The summed E-state index contributed by atoms with van der Waals surface area (Å²) in [6, 6.07) is 0. The largest absolute Gasteiger partial charge is 0.469 e. The lowest BCUT2D eigenvalue weighted by Gasteiger charge is -2.28. The molecule has 0 bridgehead atoms. The van der Waals surface area contributed by atoms with Gasteiger partial charge in [0.2, 0.25) is 0 Å². The minimum Gasteiger partial charge on any atom is -0.469 e. The highest BCUT2D eigenvalue weighted by Crippen LogP contribution is 2.26. The number of unbranched alkanes of at least 4 members (excludes halogenated alkanes) is 8. The van der Waals surface area contributed by atoms with Gasteiger partial charge in [-0.1, -0.05) is 51.9 Å². The van der Waals surface area contributed by atoms with E-state index in [0.717, 1.165) is 13.0 Å². The van der Waals surface area contributed by atoms with Crippen LogP contribution in [0.5, 0.6) is 0 Å². The number of nitrogens with one attached hydrogen (secondary N) is 1. The molecule has 5 heteroatoms. The summed E-state index contributed by atoms with van der Waals surface area (Å²) in [4.78, 5) is 11.5. The quantitative estimate of drug-likeness (QED) is 0.174. The Kier molecular flexibility index (Phi) is 15.5. The van der Waals surface area contributed by atoms with E-state index in [0.29, 0.717) is 6.42 Å². The van der Waals surface area contributed by atoms with Crippen molar-refractivity contribution in [1.29, 1.82) is 0 Å². The monoisotopic (exact) mass is 403 g/mol. The lowest BCUT2D eigenvalue weighted by Crippen LogP contribution is -2.44. The summed E-state index contributed by atoms with van der Waals surface area (Å²) in [5.74, 6) is 1.06. The molecule has 1 unspecified atom stereocenters. The van der Waals surface area contributed by atoms with E-state index in [1.54, 1.807) is 7.11 Å². The third-order valence-corrected chi connectivity index (χ3v) is 6.71. The first-order valence-corrected chi connectivity index (χ1v) is 11.8. The maximum atomic E-state index is 11.5. The third kappa shape index (κ3) is 15.4. The zero-order valence-corrected chi connectivity index (χ0v) is 19.6. The Morgan fingerprint density at radius 2 is 1.41 bits per heavy atom. The molecule has 0 amide bonds. The van der Waals surface area contributed by atoms with Gasteiger partial charge in [-0.25, -0.2) is 0 Å². The Labute approximate surface area is 172 Å². The van der Waals surface area contributed by atoms with Crippen LogP contribution in [0.3, 0.4) is 0 Å². The van der Waals surface area contributed by atoms with Crippen molar-refractivity contribution in [2.24, 2.45) is 0 Å². The summed E-state index contributed by atoms with van der Waals surface area (Å²) in [6.07, 6.45) is 13.2. The second kappa shape index (κ2) is 15.6. The maximum Gasteiger partial charge on any atom is 0.307 e. The Bertz CT molecular complexity index is 377. The number of carbonyl (C=O) groups excluding carboxylic acids is 1. The summed E-state index contributed by atoms with van der Waals surface area (Å²) < 4.78 is 10.2. The molecule has 0 saturated carbocycles. The molecule has 1 atom stereocenters. The van der Waals surface area contributed by atoms with E-state index >= 15 is 0 Å².